The van der Waals surface area contributed by atoms with Crippen LogP contribution < -0.4 is 0 Å². The Morgan fingerprint density at radius 3 is 2.05 bits per heavy atom. The lowest BCUT2D eigenvalue weighted by Crippen LogP contribution is -2.53. The van der Waals surface area contributed by atoms with Gasteiger partial charge in [-0.25, -0.2) is 4.39 Å². The first kappa shape index (κ1) is 25.9. The van der Waals surface area contributed by atoms with Crippen molar-refractivity contribution in [1.29, 1.82) is 0 Å². The number of carbonyl (C=O) groups is 2. The Morgan fingerprint density at radius 1 is 0.763 bits per heavy atom. The van der Waals surface area contributed by atoms with E-state index in [9.17, 15) is 14.0 Å². The molecular weight excluding hydrogens is 479 g/mol. The summed E-state index contributed by atoms with van der Waals surface area (Å²) in [5.74, 6) is -0.540. The van der Waals surface area contributed by atoms with Gasteiger partial charge in [0.2, 0.25) is 11.8 Å². The summed E-state index contributed by atoms with van der Waals surface area (Å²) >= 11 is 0. The van der Waals surface area contributed by atoms with E-state index in [0.717, 1.165) is 56.7 Å². The lowest BCUT2D eigenvalue weighted by atomic mass is 9.88. The van der Waals surface area contributed by atoms with E-state index in [1.807, 2.05) is 53.4 Å². The number of nitrogens with zero attached hydrogens (tertiary/aromatic N) is 4. The molecule has 5 rings (SSSR count). The van der Waals surface area contributed by atoms with Gasteiger partial charge in [-0.1, -0.05) is 54.1 Å². The molecule has 0 atom stereocenters. The highest BCUT2D eigenvalue weighted by Gasteiger charge is 2.31. The van der Waals surface area contributed by atoms with Gasteiger partial charge in [-0.05, 0) is 66.8 Å². The van der Waals surface area contributed by atoms with Crippen LogP contribution >= 0.6 is 0 Å². The van der Waals surface area contributed by atoms with Crippen molar-refractivity contribution in [1.82, 2.24) is 19.7 Å². The number of imide groups is 1. The smallest absolute Gasteiger partial charge is 0.243 e. The van der Waals surface area contributed by atoms with Crippen LogP contribution in [0, 0.1) is 5.82 Å². The molecule has 2 aliphatic rings. The maximum absolute atomic E-state index is 13.6. The van der Waals surface area contributed by atoms with Gasteiger partial charge in [-0.15, -0.1) is 0 Å². The summed E-state index contributed by atoms with van der Waals surface area (Å²) in [5, 5.41) is 0. The summed E-state index contributed by atoms with van der Waals surface area (Å²) in [4.78, 5) is 35.2. The summed E-state index contributed by atoms with van der Waals surface area (Å²) in [6, 6.07) is 22.7. The number of hydrogen-bond acceptors (Lipinski definition) is 5. The number of halogens is 1. The van der Waals surface area contributed by atoms with Gasteiger partial charge in [0.1, 0.15) is 5.82 Å². The second-order valence-electron chi connectivity index (χ2n) is 9.95. The summed E-state index contributed by atoms with van der Waals surface area (Å²) in [7, 11) is 0. The molecule has 7 heteroatoms. The molecule has 2 amide bonds. The zero-order valence-electron chi connectivity index (χ0n) is 21.6. The first-order chi connectivity index (χ1) is 18.6. The van der Waals surface area contributed by atoms with Crippen LogP contribution in [0.2, 0.25) is 0 Å². The van der Waals surface area contributed by atoms with E-state index in [-0.39, 0.29) is 37.3 Å². The Kier molecular flexibility index (Phi) is 8.36. The minimum atomic E-state index is -0.223. The van der Waals surface area contributed by atoms with Crippen LogP contribution in [0.3, 0.4) is 0 Å². The molecule has 3 heterocycles. The largest absolute Gasteiger partial charge is 0.303 e. The summed E-state index contributed by atoms with van der Waals surface area (Å²) in [5.41, 5.74) is 5.55. The molecular formula is C31H33FN4O2. The predicted molar refractivity (Wildman–Crippen MR) is 145 cm³/mol. The lowest BCUT2D eigenvalue weighted by Gasteiger charge is -2.34. The molecule has 1 aromatic heterocycles. The molecule has 3 aromatic rings. The highest BCUT2D eigenvalue weighted by atomic mass is 19.1. The van der Waals surface area contributed by atoms with E-state index in [0.29, 0.717) is 0 Å². The van der Waals surface area contributed by atoms with Gasteiger partial charge in [-0.2, -0.15) is 0 Å². The third kappa shape index (κ3) is 6.41. The summed E-state index contributed by atoms with van der Waals surface area (Å²) in [6.07, 6.45) is 4.50. The summed E-state index contributed by atoms with van der Waals surface area (Å²) < 4.78 is 13.6. The van der Waals surface area contributed by atoms with Crippen LogP contribution in [0.4, 0.5) is 4.39 Å². The van der Waals surface area contributed by atoms with Crippen molar-refractivity contribution >= 4 is 17.4 Å². The molecule has 0 bridgehead atoms. The van der Waals surface area contributed by atoms with Crippen molar-refractivity contribution in [3.63, 3.8) is 0 Å². The molecule has 0 spiro atoms. The first-order valence-electron chi connectivity index (χ1n) is 13.3. The van der Waals surface area contributed by atoms with E-state index in [4.69, 9.17) is 0 Å². The Bertz CT molecular complexity index is 1250. The van der Waals surface area contributed by atoms with Crippen LogP contribution in [0.15, 0.2) is 84.6 Å². The van der Waals surface area contributed by atoms with Gasteiger partial charge in [0.05, 0.1) is 25.3 Å². The number of benzene rings is 2. The molecule has 2 saturated heterocycles. The second kappa shape index (κ2) is 12.2. The van der Waals surface area contributed by atoms with Gasteiger partial charge in [0.25, 0.3) is 0 Å². The number of rotatable bonds is 8. The quantitative estimate of drug-likeness (QED) is 0.420. The monoisotopic (exact) mass is 512 g/mol. The Hall–Kier alpha value is -3.68. The van der Waals surface area contributed by atoms with Crippen molar-refractivity contribution in [2.45, 2.75) is 25.8 Å². The molecule has 0 saturated carbocycles. The van der Waals surface area contributed by atoms with E-state index in [1.54, 1.807) is 6.20 Å². The summed E-state index contributed by atoms with van der Waals surface area (Å²) in [6.45, 7) is 4.34. The van der Waals surface area contributed by atoms with Crippen LogP contribution in [0.25, 0.3) is 5.57 Å². The van der Waals surface area contributed by atoms with Crippen molar-refractivity contribution in [2.24, 2.45) is 0 Å². The molecule has 0 unspecified atom stereocenters. The highest BCUT2D eigenvalue weighted by molar-refractivity contribution is 5.99. The zero-order chi connectivity index (χ0) is 26.3. The lowest BCUT2D eigenvalue weighted by molar-refractivity contribution is -0.152. The maximum atomic E-state index is 13.6. The van der Waals surface area contributed by atoms with Crippen LogP contribution in [-0.2, 0) is 16.1 Å². The van der Waals surface area contributed by atoms with E-state index >= 15 is 0 Å². The topological polar surface area (TPSA) is 56.8 Å². The van der Waals surface area contributed by atoms with Crippen LogP contribution in [-0.4, -0.2) is 70.8 Å². The molecule has 0 aliphatic carbocycles. The van der Waals surface area contributed by atoms with E-state index in [1.165, 1.54) is 33.7 Å². The maximum Gasteiger partial charge on any atom is 0.243 e. The highest BCUT2D eigenvalue weighted by Crippen LogP contribution is 2.32. The van der Waals surface area contributed by atoms with Gasteiger partial charge >= 0.3 is 0 Å². The molecule has 2 aliphatic heterocycles. The first-order valence-corrected chi connectivity index (χ1v) is 13.3. The minimum Gasteiger partial charge on any atom is -0.303 e. The molecule has 0 radical (unpaired) electrons. The predicted octanol–water partition coefficient (Wildman–Crippen LogP) is 4.38. The molecule has 196 valence electrons. The number of pyridine rings is 1. The van der Waals surface area contributed by atoms with Crippen molar-refractivity contribution < 1.29 is 14.0 Å². The average Bonchev–Trinajstić information content (AvgIpc) is 2.94. The second-order valence-corrected chi connectivity index (χ2v) is 9.95. The van der Waals surface area contributed by atoms with E-state index in [2.05, 4.69) is 22.0 Å². The van der Waals surface area contributed by atoms with Gasteiger partial charge in [0.15, 0.2) is 0 Å². The molecule has 38 heavy (non-hydrogen) atoms. The zero-order valence-corrected chi connectivity index (χ0v) is 21.6. The fourth-order valence-corrected chi connectivity index (χ4v) is 5.35. The van der Waals surface area contributed by atoms with Crippen molar-refractivity contribution in [3.05, 3.63) is 107 Å². The van der Waals surface area contributed by atoms with Gasteiger partial charge in [0, 0.05) is 25.8 Å². The number of piperidine rings is 1. The number of piperazine rings is 1. The third-order valence-corrected chi connectivity index (χ3v) is 7.32. The number of amides is 2. The normalized spacial score (nSPS) is 17.2. The fourth-order valence-electron chi connectivity index (χ4n) is 5.35. The number of aromatic nitrogens is 1. The average molecular weight is 513 g/mol. The Balaban J connectivity index is 1.13. The van der Waals surface area contributed by atoms with Crippen molar-refractivity contribution in [3.8, 4) is 0 Å². The van der Waals surface area contributed by atoms with Gasteiger partial charge < -0.3 is 4.90 Å². The Morgan fingerprint density at radius 2 is 1.39 bits per heavy atom. The van der Waals surface area contributed by atoms with Crippen LogP contribution in [0.5, 0.6) is 0 Å². The third-order valence-electron chi connectivity index (χ3n) is 7.32. The standard InChI is InChI=1S/C31H33FN4O2/c32-27-12-10-25(11-13-27)31(24-7-2-1-3-8-24)26-14-19-34(20-15-26)17-6-18-35-22-29(37)36(30(38)23-35)21-28-9-4-5-16-33-28/h1-5,7-13,16H,6,14-15,17-23H2. The van der Waals surface area contributed by atoms with Crippen LogP contribution in [0.1, 0.15) is 36.1 Å². The minimum absolute atomic E-state index is 0.158. The van der Waals surface area contributed by atoms with Crippen molar-refractivity contribution in [2.75, 3.05) is 39.3 Å². The van der Waals surface area contributed by atoms with E-state index < -0.39 is 0 Å². The molecule has 2 aromatic carbocycles. The Labute approximate surface area is 223 Å². The number of likely N-dealkylation sites (tertiary alicyclic amines) is 1. The molecule has 2 fully saturated rings. The fraction of sp³-hybridized carbons (Fsp3) is 0.323. The van der Waals surface area contributed by atoms with Gasteiger partial charge in [-0.3, -0.25) is 24.4 Å². The number of carbonyl (C=O) groups excluding carboxylic acids is 2. The molecule has 0 N–H and O–H groups in total. The number of hydrogen-bond donors (Lipinski definition) is 0. The molecule has 6 nitrogen and oxygen atoms in total. The SMILES string of the molecule is O=C1CN(CCCN2CCC(=C(c3ccccc3)c3ccc(F)cc3)CC2)CC(=O)N1Cc1ccccn1.